The first-order valence-corrected chi connectivity index (χ1v) is 7.85. The molecule has 0 bridgehead atoms. The van der Waals surface area contributed by atoms with Gasteiger partial charge in [0.15, 0.2) is 0 Å². The van der Waals surface area contributed by atoms with Crippen molar-refractivity contribution in [3.05, 3.63) is 12.2 Å². The Labute approximate surface area is 142 Å². The molecule has 3 N–H and O–H groups in total. The van der Waals surface area contributed by atoms with Crippen LogP contribution in [0.2, 0.25) is 0 Å². The molecule has 0 aromatic carbocycles. The zero-order chi connectivity index (χ0) is 18.7. The van der Waals surface area contributed by atoms with Gasteiger partial charge < -0.3 is 19.7 Å². The van der Waals surface area contributed by atoms with E-state index in [0.717, 1.165) is 5.01 Å². The summed E-state index contributed by atoms with van der Waals surface area (Å²) in [5.41, 5.74) is 0.733. The van der Waals surface area contributed by atoms with Crippen LogP contribution in [0.15, 0.2) is 12.2 Å². The van der Waals surface area contributed by atoms with Crippen molar-refractivity contribution >= 4 is 12.2 Å². The van der Waals surface area contributed by atoms with Gasteiger partial charge in [-0.05, 0) is 48.0 Å². The van der Waals surface area contributed by atoms with E-state index in [9.17, 15) is 19.8 Å². The molecule has 0 aromatic rings. The first-order valence-electron chi connectivity index (χ1n) is 7.85. The molecule has 0 radical (unpaired) electrons. The number of nitrogens with one attached hydrogen (secondary N) is 1. The third kappa shape index (κ3) is 6.37. The zero-order valence-corrected chi connectivity index (χ0v) is 15.1. The van der Waals surface area contributed by atoms with E-state index in [1.165, 1.54) is 6.08 Å². The second-order valence-electron chi connectivity index (χ2n) is 7.68. The molecule has 0 spiro atoms. The van der Waals surface area contributed by atoms with Crippen LogP contribution in [-0.2, 0) is 9.47 Å². The SMILES string of the molecule is CC(C)(C)OC(=O)NN(C(=O)OC(C)(C)C)[C@@H]1C=CC[C@@H](O)[C@H]1O. The number of aliphatic hydroxyl groups is 2. The molecule has 2 amide bonds. The Morgan fingerprint density at radius 3 is 2.12 bits per heavy atom. The second kappa shape index (κ2) is 7.40. The van der Waals surface area contributed by atoms with E-state index < -0.39 is 41.6 Å². The quantitative estimate of drug-likeness (QED) is 0.494. The Morgan fingerprint density at radius 2 is 1.62 bits per heavy atom. The van der Waals surface area contributed by atoms with Crippen LogP contribution in [-0.4, -0.2) is 56.9 Å². The molecule has 0 saturated carbocycles. The lowest BCUT2D eigenvalue weighted by Gasteiger charge is -2.37. The average Bonchev–Trinajstić information content (AvgIpc) is 2.35. The van der Waals surface area contributed by atoms with Gasteiger partial charge >= 0.3 is 12.2 Å². The van der Waals surface area contributed by atoms with Gasteiger partial charge in [-0.15, -0.1) is 0 Å². The lowest BCUT2D eigenvalue weighted by atomic mass is 9.96. The van der Waals surface area contributed by atoms with E-state index in [1.807, 2.05) is 0 Å². The van der Waals surface area contributed by atoms with E-state index in [1.54, 1.807) is 47.6 Å². The summed E-state index contributed by atoms with van der Waals surface area (Å²) in [7, 11) is 0. The maximum Gasteiger partial charge on any atom is 0.429 e. The largest absolute Gasteiger partial charge is 0.443 e. The fourth-order valence-electron chi connectivity index (χ4n) is 2.03. The normalized spacial score (nSPS) is 24.2. The zero-order valence-electron chi connectivity index (χ0n) is 15.1. The smallest absolute Gasteiger partial charge is 0.429 e. The number of carbonyl (C=O) groups excluding carboxylic acids is 2. The molecule has 0 fully saturated rings. The molecule has 24 heavy (non-hydrogen) atoms. The van der Waals surface area contributed by atoms with Gasteiger partial charge in [-0.1, -0.05) is 12.2 Å². The average molecular weight is 344 g/mol. The summed E-state index contributed by atoms with van der Waals surface area (Å²) in [6.07, 6.45) is -0.644. The van der Waals surface area contributed by atoms with E-state index in [0.29, 0.717) is 0 Å². The summed E-state index contributed by atoms with van der Waals surface area (Å²) in [4.78, 5) is 24.4. The molecule has 0 unspecified atom stereocenters. The van der Waals surface area contributed by atoms with E-state index in [2.05, 4.69) is 5.43 Å². The number of hydrazine groups is 1. The highest BCUT2D eigenvalue weighted by Crippen LogP contribution is 2.20. The van der Waals surface area contributed by atoms with Crippen molar-refractivity contribution in [3.8, 4) is 0 Å². The first kappa shape index (κ1) is 20.2. The Hall–Kier alpha value is -1.80. The third-order valence-electron chi connectivity index (χ3n) is 2.95. The minimum atomic E-state index is -1.27. The van der Waals surface area contributed by atoms with Gasteiger partial charge in [-0.2, -0.15) is 0 Å². The van der Waals surface area contributed by atoms with Crippen molar-refractivity contribution in [2.24, 2.45) is 0 Å². The van der Waals surface area contributed by atoms with Crippen molar-refractivity contribution in [1.29, 1.82) is 0 Å². The molecule has 1 aliphatic rings. The fourth-order valence-corrected chi connectivity index (χ4v) is 2.03. The van der Waals surface area contributed by atoms with Crippen molar-refractivity contribution in [1.82, 2.24) is 10.4 Å². The number of nitrogens with zero attached hydrogens (tertiary/aromatic N) is 1. The summed E-state index contributed by atoms with van der Waals surface area (Å²) in [6, 6.07) is -0.976. The van der Waals surface area contributed by atoms with Crippen LogP contribution in [0.1, 0.15) is 48.0 Å². The minimum Gasteiger partial charge on any atom is -0.443 e. The summed E-state index contributed by atoms with van der Waals surface area (Å²) < 4.78 is 10.4. The molecule has 3 atom stereocenters. The van der Waals surface area contributed by atoms with Gasteiger partial charge in [-0.3, -0.25) is 0 Å². The Kier molecular flexibility index (Phi) is 6.24. The van der Waals surface area contributed by atoms with Crippen molar-refractivity contribution < 1.29 is 29.3 Å². The van der Waals surface area contributed by atoms with Crippen LogP contribution in [0.25, 0.3) is 0 Å². The number of amides is 2. The number of hydrogen-bond acceptors (Lipinski definition) is 6. The number of rotatable bonds is 1. The fraction of sp³-hybridized carbons (Fsp3) is 0.750. The molecule has 0 aromatic heterocycles. The summed E-state index contributed by atoms with van der Waals surface area (Å²) in [6.45, 7) is 10.1. The molecule has 8 nitrogen and oxygen atoms in total. The van der Waals surface area contributed by atoms with Crippen LogP contribution in [0.5, 0.6) is 0 Å². The minimum absolute atomic E-state index is 0.256. The monoisotopic (exact) mass is 344 g/mol. The summed E-state index contributed by atoms with van der Waals surface area (Å²) in [5, 5.41) is 20.8. The lowest BCUT2D eigenvalue weighted by Crippen LogP contribution is -2.59. The number of aliphatic hydroxyl groups excluding tert-OH is 2. The molecular formula is C16H28N2O6. The van der Waals surface area contributed by atoms with Crippen molar-refractivity contribution in [3.63, 3.8) is 0 Å². The third-order valence-corrected chi connectivity index (χ3v) is 2.95. The standard InChI is InChI=1S/C16H28N2O6/c1-15(2,3)23-13(21)17-18(14(22)24-16(4,5)6)10-8-7-9-11(19)12(10)20/h7-8,10-12,19-20H,9H2,1-6H3,(H,17,21)/t10-,11-,12+/m1/s1. The van der Waals surface area contributed by atoms with Gasteiger partial charge in [0.2, 0.25) is 0 Å². The van der Waals surface area contributed by atoms with E-state index in [-0.39, 0.29) is 6.42 Å². The van der Waals surface area contributed by atoms with Crippen LogP contribution >= 0.6 is 0 Å². The van der Waals surface area contributed by atoms with Gasteiger partial charge in [0.1, 0.15) is 23.3 Å². The molecular weight excluding hydrogens is 316 g/mol. The molecule has 0 aliphatic heterocycles. The number of carbonyl (C=O) groups is 2. The molecule has 8 heteroatoms. The van der Waals surface area contributed by atoms with Crippen LogP contribution < -0.4 is 5.43 Å². The van der Waals surface area contributed by atoms with Crippen molar-refractivity contribution in [2.45, 2.75) is 77.4 Å². The number of hydrogen-bond donors (Lipinski definition) is 3. The van der Waals surface area contributed by atoms with Crippen LogP contribution in [0.3, 0.4) is 0 Å². The first-order chi connectivity index (χ1) is 10.8. The Bertz CT molecular complexity index is 492. The topological polar surface area (TPSA) is 108 Å². The Balaban J connectivity index is 2.99. The highest BCUT2D eigenvalue weighted by Gasteiger charge is 2.38. The molecule has 138 valence electrons. The van der Waals surface area contributed by atoms with Gasteiger partial charge in [0.25, 0.3) is 0 Å². The van der Waals surface area contributed by atoms with E-state index in [4.69, 9.17) is 9.47 Å². The highest BCUT2D eigenvalue weighted by atomic mass is 16.6. The van der Waals surface area contributed by atoms with Crippen LogP contribution in [0, 0.1) is 0 Å². The predicted molar refractivity (Wildman–Crippen MR) is 87.0 cm³/mol. The molecule has 1 aliphatic carbocycles. The number of ether oxygens (including phenoxy) is 2. The summed E-state index contributed by atoms with van der Waals surface area (Å²) >= 11 is 0. The van der Waals surface area contributed by atoms with Gasteiger partial charge in [0.05, 0.1) is 6.10 Å². The lowest BCUT2D eigenvalue weighted by molar-refractivity contribution is -0.0541. The van der Waals surface area contributed by atoms with Crippen LogP contribution in [0.4, 0.5) is 9.59 Å². The molecule has 1 rings (SSSR count). The van der Waals surface area contributed by atoms with E-state index >= 15 is 0 Å². The van der Waals surface area contributed by atoms with Gasteiger partial charge in [-0.25, -0.2) is 20.0 Å². The maximum absolute atomic E-state index is 12.4. The summed E-state index contributed by atoms with van der Waals surface area (Å²) in [5.74, 6) is 0. The molecule has 0 heterocycles. The van der Waals surface area contributed by atoms with Gasteiger partial charge in [0, 0.05) is 0 Å². The maximum atomic E-state index is 12.4. The Morgan fingerprint density at radius 1 is 1.08 bits per heavy atom. The second-order valence-corrected chi connectivity index (χ2v) is 7.68. The highest BCUT2D eigenvalue weighted by molar-refractivity contribution is 5.75. The molecule has 0 saturated heterocycles. The predicted octanol–water partition coefficient (Wildman–Crippen LogP) is 1.71. The van der Waals surface area contributed by atoms with Crippen molar-refractivity contribution in [2.75, 3.05) is 0 Å².